The van der Waals surface area contributed by atoms with Crippen LogP contribution >= 0.6 is 0 Å². The smallest absolute Gasteiger partial charge is 0.254 e. The van der Waals surface area contributed by atoms with Crippen LogP contribution in [-0.2, 0) is 0 Å². The van der Waals surface area contributed by atoms with E-state index in [4.69, 9.17) is 0 Å². The highest BCUT2D eigenvalue weighted by molar-refractivity contribution is 5.57. The molecule has 5 heteroatoms. The predicted molar refractivity (Wildman–Crippen MR) is 82.5 cm³/mol. The minimum Gasteiger partial charge on any atom is -0.350 e. The lowest BCUT2D eigenvalue weighted by Gasteiger charge is -2.38. The molecule has 2 saturated heterocycles. The molecule has 2 aromatic heterocycles. The van der Waals surface area contributed by atoms with Gasteiger partial charge in [-0.2, -0.15) is 14.6 Å². The maximum Gasteiger partial charge on any atom is 0.254 e. The molecule has 0 radical (unpaired) electrons. The van der Waals surface area contributed by atoms with Gasteiger partial charge < -0.3 is 4.90 Å². The normalized spacial score (nSPS) is 24.9. The van der Waals surface area contributed by atoms with Gasteiger partial charge in [0.2, 0.25) is 0 Å². The van der Waals surface area contributed by atoms with Crippen molar-refractivity contribution < 1.29 is 0 Å². The van der Waals surface area contributed by atoms with E-state index in [9.17, 15) is 0 Å². The predicted octanol–water partition coefficient (Wildman–Crippen LogP) is 2.82. The molecule has 0 N–H and O–H groups in total. The van der Waals surface area contributed by atoms with Crippen molar-refractivity contribution in [1.82, 2.24) is 19.6 Å². The molecule has 0 aromatic carbocycles. The summed E-state index contributed by atoms with van der Waals surface area (Å²) in [6, 6.07) is 1.20. The third-order valence-electron chi connectivity index (χ3n) is 5.14. The summed E-state index contributed by atoms with van der Waals surface area (Å²) in [6.07, 6.45) is 8.83. The number of hydrogen-bond donors (Lipinski definition) is 0. The van der Waals surface area contributed by atoms with Crippen LogP contribution in [0, 0.1) is 13.8 Å². The topological polar surface area (TPSA) is 46.3 Å². The van der Waals surface area contributed by atoms with Gasteiger partial charge in [0, 0.05) is 23.3 Å². The lowest BCUT2D eigenvalue weighted by atomic mass is 9.96. The quantitative estimate of drug-likeness (QED) is 0.755. The fourth-order valence-corrected chi connectivity index (χ4v) is 3.95. The van der Waals surface area contributed by atoms with Gasteiger partial charge in [0.25, 0.3) is 5.78 Å². The monoisotopic (exact) mass is 283 g/mol. The summed E-state index contributed by atoms with van der Waals surface area (Å²) in [4.78, 5) is 11.4. The first kappa shape index (κ1) is 12.8. The molecular weight excluding hydrogens is 262 g/mol. The number of rotatable bonds is 1. The molecule has 0 spiro atoms. The van der Waals surface area contributed by atoms with E-state index < -0.39 is 0 Å². The first-order valence-corrected chi connectivity index (χ1v) is 7.78. The molecule has 2 unspecified atom stereocenters. The van der Waals surface area contributed by atoms with Crippen LogP contribution in [0.2, 0.25) is 0 Å². The molecule has 2 aromatic rings. The SMILES string of the molecule is CC=C1CC2CCC(C1)N2c1c(C)c(C)nc2ncnn12. The second-order valence-electron chi connectivity index (χ2n) is 6.27. The Hall–Kier alpha value is -1.91. The number of fused-ring (bicyclic) bond motifs is 3. The summed E-state index contributed by atoms with van der Waals surface area (Å²) < 4.78 is 1.92. The largest absolute Gasteiger partial charge is 0.350 e. The maximum absolute atomic E-state index is 4.54. The van der Waals surface area contributed by atoms with Crippen LogP contribution in [0.1, 0.15) is 43.9 Å². The van der Waals surface area contributed by atoms with Gasteiger partial charge in [-0.05, 0) is 46.5 Å². The van der Waals surface area contributed by atoms with Crippen LogP contribution < -0.4 is 4.90 Å². The average molecular weight is 283 g/mol. The Morgan fingerprint density at radius 1 is 1.19 bits per heavy atom. The van der Waals surface area contributed by atoms with Crippen molar-refractivity contribution in [3.05, 3.63) is 29.2 Å². The Bertz CT molecular complexity index is 714. The van der Waals surface area contributed by atoms with Crippen LogP contribution in [-0.4, -0.2) is 31.7 Å². The molecule has 0 amide bonds. The summed E-state index contributed by atoms with van der Waals surface area (Å²) >= 11 is 0. The summed E-state index contributed by atoms with van der Waals surface area (Å²) in [5.41, 5.74) is 3.90. The van der Waals surface area contributed by atoms with Crippen molar-refractivity contribution in [1.29, 1.82) is 0 Å². The summed E-state index contributed by atoms with van der Waals surface area (Å²) in [5.74, 6) is 1.92. The first-order chi connectivity index (χ1) is 10.2. The van der Waals surface area contributed by atoms with Crippen molar-refractivity contribution >= 4 is 11.6 Å². The van der Waals surface area contributed by atoms with E-state index in [0.717, 1.165) is 5.69 Å². The van der Waals surface area contributed by atoms with Gasteiger partial charge >= 0.3 is 0 Å². The number of allylic oxidation sites excluding steroid dienone is 1. The molecule has 2 aliphatic rings. The summed E-state index contributed by atoms with van der Waals surface area (Å²) in [7, 11) is 0. The molecule has 2 fully saturated rings. The van der Waals surface area contributed by atoms with Crippen molar-refractivity contribution in [3.8, 4) is 0 Å². The number of hydrogen-bond acceptors (Lipinski definition) is 4. The minimum absolute atomic E-state index is 0.600. The van der Waals surface area contributed by atoms with Gasteiger partial charge in [-0.1, -0.05) is 11.6 Å². The Morgan fingerprint density at radius 3 is 2.57 bits per heavy atom. The van der Waals surface area contributed by atoms with E-state index in [-0.39, 0.29) is 0 Å². The van der Waals surface area contributed by atoms with Gasteiger partial charge in [-0.3, -0.25) is 0 Å². The standard InChI is InChI=1S/C16H21N5/c1-4-12-7-13-5-6-14(8-12)20(13)15-10(2)11(3)19-16-17-9-18-21(15)16/h4,9,13-14H,5-8H2,1-3H3. The second-order valence-corrected chi connectivity index (χ2v) is 6.27. The van der Waals surface area contributed by atoms with Gasteiger partial charge in [0.05, 0.1) is 0 Å². The van der Waals surface area contributed by atoms with Crippen molar-refractivity contribution in [2.45, 2.75) is 58.5 Å². The highest BCUT2D eigenvalue weighted by Gasteiger charge is 2.40. The van der Waals surface area contributed by atoms with Crippen molar-refractivity contribution in [2.24, 2.45) is 0 Å². The Morgan fingerprint density at radius 2 is 1.90 bits per heavy atom. The number of nitrogens with zero attached hydrogens (tertiary/aromatic N) is 5. The van der Waals surface area contributed by atoms with Crippen LogP contribution in [0.3, 0.4) is 0 Å². The number of piperidine rings is 1. The minimum atomic E-state index is 0.600. The molecule has 21 heavy (non-hydrogen) atoms. The molecule has 5 nitrogen and oxygen atoms in total. The Kier molecular flexibility index (Phi) is 2.77. The number of aryl methyl sites for hydroxylation is 1. The third-order valence-corrected chi connectivity index (χ3v) is 5.14. The van der Waals surface area contributed by atoms with Crippen LogP contribution in [0.4, 0.5) is 5.82 Å². The molecule has 2 atom stereocenters. The molecule has 2 aliphatic heterocycles. The van der Waals surface area contributed by atoms with Gasteiger partial charge in [-0.25, -0.2) is 4.98 Å². The maximum atomic E-state index is 4.54. The van der Waals surface area contributed by atoms with Crippen molar-refractivity contribution in [2.75, 3.05) is 4.90 Å². The Labute approximate surface area is 124 Å². The van der Waals surface area contributed by atoms with E-state index in [1.54, 1.807) is 11.9 Å². The van der Waals surface area contributed by atoms with Crippen molar-refractivity contribution in [3.63, 3.8) is 0 Å². The fraction of sp³-hybridized carbons (Fsp3) is 0.562. The van der Waals surface area contributed by atoms with E-state index in [1.165, 1.54) is 37.1 Å². The van der Waals surface area contributed by atoms with Gasteiger partial charge in [0.1, 0.15) is 12.1 Å². The van der Waals surface area contributed by atoms with Crippen LogP contribution in [0.15, 0.2) is 18.0 Å². The molecule has 4 heterocycles. The molecule has 4 rings (SSSR count). The summed E-state index contributed by atoms with van der Waals surface area (Å²) in [5, 5.41) is 4.42. The highest BCUT2D eigenvalue weighted by atomic mass is 15.4. The summed E-state index contributed by atoms with van der Waals surface area (Å²) in [6.45, 7) is 6.39. The Balaban J connectivity index is 1.88. The zero-order valence-electron chi connectivity index (χ0n) is 12.9. The fourth-order valence-electron chi connectivity index (χ4n) is 3.95. The molecule has 2 bridgehead atoms. The zero-order valence-corrected chi connectivity index (χ0v) is 12.9. The van der Waals surface area contributed by atoms with E-state index >= 15 is 0 Å². The van der Waals surface area contributed by atoms with E-state index in [0.29, 0.717) is 17.9 Å². The third kappa shape index (κ3) is 1.79. The van der Waals surface area contributed by atoms with E-state index in [1.807, 2.05) is 4.52 Å². The second kappa shape index (κ2) is 4.55. The van der Waals surface area contributed by atoms with Crippen LogP contribution in [0.5, 0.6) is 0 Å². The van der Waals surface area contributed by atoms with E-state index in [2.05, 4.69) is 46.8 Å². The molecule has 0 saturated carbocycles. The van der Waals surface area contributed by atoms with Gasteiger partial charge in [-0.15, -0.1) is 0 Å². The molecular formula is C16H21N5. The highest BCUT2D eigenvalue weighted by Crippen LogP contribution is 2.42. The molecule has 0 aliphatic carbocycles. The average Bonchev–Trinajstić information content (AvgIpc) is 3.02. The number of anilines is 1. The van der Waals surface area contributed by atoms with Crippen LogP contribution in [0.25, 0.3) is 5.78 Å². The van der Waals surface area contributed by atoms with Gasteiger partial charge in [0.15, 0.2) is 0 Å². The zero-order chi connectivity index (χ0) is 14.6. The lowest BCUT2D eigenvalue weighted by molar-refractivity contribution is 0.536. The first-order valence-electron chi connectivity index (χ1n) is 7.78. The number of aromatic nitrogens is 4. The molecule has 110 valence electrons. The lowest BCUT2D eigenvalue weighted by Crippen LogP contribution is -2.42.